The van der Waals surface area contributed by atoms with Gasteiger partial charge in [0.1, 0.15) is 0 Å². The van der Waals surface area contributed by atoms with E-state index in [0.29, 0.717) is 12.7 Å². The van der Waals surface area contributed by atoms with E-state index in [9.17, 15) is 0 Å². The van der Waals surface area contributed by atoms with Gasteiger partial charge in [0.2, 0.25) is 0 Å². The maximum Gasteiger partial charge on any atom is 0.157 e. The highest BCUT2D eigenvalue weighted by molar-refractivity contribution is 6.30. The van der Waals surface area contributed by atoms with Crippen LogP contribution in [-0.2, 0) is 20.8 Å². The molecule has 2 aliphatic carbocycles. The molecule has 0 amide bonds. The molecule has 3 aliphatic rings. The molecule has 28 heavy (non-hydrogen) atoms. The molecule has 0 atom stereocenters. The molecule has 0 aromatic heterocycles. The normalized spacial score (nSPS) is 31.9. The van der Waals surface area contributed by atoms with Gasteiger partial charge in [-0.1, -0.05) is 36.6 Å². The van der Waals surface area contributed by atoms with E-state index in [1.807, 2.05) is 12.1 Å². The number of benzene rings is 1. The summed E-state index contributed by atoms with van der Waals surface area (Å²) < 4.78 is 17.3. The zero-order chi connectivity index (χ0) is 19.2. The summed E-state index contributed by atoms with van der Waals surface area (Å²) in [7, 11) is 0. The molecule has 1 heterocycles. The fourth-order valence-corrected chi connectivity index (χ4v) is 5.54. The molecule has 3 fully saturated rings. The van der Waals surface area contributed by atoms with Gasteiger partial charge < -0.3 is 14.2 Å². The lowest BCUT2D eigenvalue weighted by Gasteiger charge is -2.38. The van der Waals surface area contributed by atoms with Gasteiger partial charge in [0.05, 0.1) is 25.9 Å². The first-order valence-corrected chi connectivity index (χ1v) is 11.7. The molecule has 4 rings (SSSR count). The maximum absolute atomic E-state index is 6.18. The van der Waals surface area contributed by atoms with Crippen LogP contribution in [0.1, 0.15) is 69.8 Å². The van der Waals surface area contributed by atoms with Crippen molar-refractivity contribution in [2.45, 2.75) is 83.2 Å². The van der Waals surface area contributed by atoms with Crippen molar-refractivity contribution in [3.05, 3.63) is 34.9 Å². The quantitative estimate of drug-likeness (QED) is 0.526. The van der Waals surface area contributed by atoms with Crippen molar-refractivity contribution in [1.82, 2.24) is 0 Å². The number of rotatable bonds is 7. The Morgan fingerprint density at radius 1 is 0.786 bits per heavy atom. The van der Waals surface area contributed by atoms with Gasteiger partial charge >= 0.3 is 0 Å². The van der Waals surface area contributed by atoms with Gasteiger partial charge in [-0.25, -0.2) is 0 Å². The van der Waals surface area contributed by atoms with E-state index in [-0.39, 0.29) is 6.29 Å². The summed E-state index contributed by atoms with van der Waals surface area (Å²) in [6.45, 7) is 2.28. The van der Waals surface area contributed by atoms with Crippen LogP contribution in [0.2, 0.25) is 5.02 Å². The van der Waals surface area contributed by atoms with Crippen LogP contribution in [0.15, 0.2) is 24.3 Å². The largest absolute Gasteiger partial charge is 0.374 e. The van der Waals surface area contributed by atoms with E-state index < -0.39 is 0 Å². The minimum atomic E-state index is 0.0841. The molecule has 2 saturated carbocycles. The summed E-state index contributed by atoms with van der Waals surface area (Å²) >= 11 is 5.95. The van der Waals surface area contributed by atoms with Gasteiger partial charge in [-0.05, 0) is 86.8 Å². The highest BCUT2D eigenvalue weighted by atomic mass is 35.5. The zero-order valence-electron chi connectivity index (χ0n) is 17.0. The molecule has 3 nitrogen and oxygen atoms in total. The number of halogens is 1. The first kappa shape index (κ1) is 20.7. The van der Waals surface area contributed by atoms with E-state index in [1.54, 1.807) is 0 Å². The Morgan fingerprint density at radius 2 is 1.39 bits per heavy atom. The number of hydrogen-bond acceptors (Lipinski definition) is 3. The molecule has 1 aliphatic heterocycles. The Hall–Kier alpha value is -0.610. The minimum absolute atomic E-state index is 0.0841. The van der Waals surface area contributed by atoms with Crippen molar-refractivity contribution in [2.24, 2.45) is 17.8 Å². The van der Waals surface area contributed by atoms with E-state index in [1.165, 1.54) is 63.4 Å². The summed E-state index contributed by atoms with van der Waals surface area (Å²) in [5, 5.41) is 0.791. The number of hydrogen-bond donors (Lipinski definition) is 0. The molecule has 0 bridgehead atoms. The van der Waals surface area contributed by atoms with Crippen LogP contribution in [0.5, 0.6) is 0 Å². The molecule has 156 valence electrons. The highest BCUT2D eigenvalue weighted by Gasteiger charge is 2.31. The Kier molecular flexibility index (Phi) is 7.69. The maximum atomic E-state index is 6.18. The lowest BCUT2D eigenvalue weighted by atomic mass is 9.70. The summed E-state index contributed by atoms with van der Waals surface area (Å²) in [5.41, 5.74) is 1.22. The Morgan fingerprint density at radius 3 is 2.04 bits per heavy atom. The molecule has 1 saturated heterocycles. The third-order valence-corrected chi connectivity index (χ3v) is 7.43. The molecule has 1 aromatic rings. The topological polar surface area (TPSA) is 27.7 Å². The van der Waals surface area contributed by atoms with Crippen LogP contribution in [-0.4, -0.2) is 25.6 Å². The van der Waals surface area contributed by atoms with Crippen molar-refractivity contribution in [3.8, 4) is 0 Å². The predicted molar refractivity (Wildman–Crippen MR) is 112 cm³/mol. The third-order valence-electron chi connectivity index (χ3n) is 7.18. The molecule has 1 aromatic carbocycles. The van der Waals surface area contributed by atoms with Crippen LogP contribution in [0.4, 0.5) is 0 Å². The lowest BCUT2D eigenvalue weighted by molar-refractivity contribution is -0.0516. The van der Waals surface area contributed by atoms with Crippen LogP contribution in [0.3, 0.4) is 0 Å². The van der Waals surface area contributed by atoms with E-state index in [4.69, 9.17) is 25.8 Å². The fourth-order valence-electron chi connectivity index (χ4n) is 5.42. The number of ether oxygens (including phenoxy) is 3. The van der Waals surface area contributed by atoms with Crippen LogP contribution in [0, 0.1) is 17.8 Å². The monoisotopic (exact) mass is 406 g/mol. The Bertz CT molecular complexity index is 568. The first-order valence-electron chi connectivity index (χ1n) is 11.4. The van der Waals surface area contributed by atoms with Gasteiger partial charge in [0.25, 0.3) is 0 Å². The zero-order valence-corrected chi connectivity index (χ0v) is 17.7. The average Bonchev–Trinajstić information content (AvgIpc) is 3.26. The first-order chi connectivity index (χ1) is 13.8. The second-order valence-corrected chi connectivity index (χ2v) is 9.44. The van der Waals surface area contributed by atoms with Gasteiger partial charge in [0.15, 0.2) is 6.29 Å². The van der Waals surface area contributed by atoms with Crippen molar-refractivity contribution < 1.29 is 14.2 Å². The third kappa shape index (κ3) is 5.95. The standard InChI is InChI=1S/C24H35ClO3/c25-22-10-3-19(4-11-22)17-28-23-12-8-21(9-13-23)20-6-1-18(2-7-20)5-14-24-26-15-16-27-24/h3-4,10-11,18,20-21,23-24H,1-2,5-9,12-17H2/t18-,20-,21?,23?. The molecule has 4 heteroatoms. The van der Waals surface area contributed by atoms with Crippen LogP contribution in [0.25, 0.3) is 0 Å². The predicted octanol–water partition coefficient (Wildman–Crippen LogP) is 6.37. The molecule has 0 unspecified atom stereocenters. The SMILES string of the molecule is Clc1ccc(COC2CCC([C@H]3CC[C@H](CCC4OCCO4)CC3)CC2)cc1. The fraction of sp³-hybridized carbons (Fsp3) is 0.750. The van der Waals surface area contributed by atoms with Crippen LogP contribution < -0.4 is 0 Å². The van der Waals surface area contributed by atoms with Crippen molar-refractivity contribution in [2.75, 3.05) is 13.2 Å². The Labute approximate surface area is 175 Å². The van der Waals surface area contributed by atoms with Crippen molar-refractivity contribution in [1.29, 1.82) is 0 Å². The van der Waals surface area contributed by atoms with Gasteiger partial charge in [-0.2, -0.15) is 0 Å². The molecular formula is C24H35ClO3. The van der Waals surface area contributed by atoms with Gasteiger partial charge in [-0.3, -0.25) is 0 Å². The van der Waals surface area contributed by atoms with Crippen molar-refractivity contribution in [3.63, 3.8) is 0 Å². The van der Waals surface area contributed by atoms with E-state index in [2.05, 4.69) is 12.1 Å². The molecule has 0 spiro atoms. The summed E-state index contributed by atoms with van der Waals surface area (Å²) in [4.78, 5) is 0. The minimum Gasteiger partial charge on any atom is -0.374 e. The second kappa shape index (κ2) is 10.4. The lowest BCUT2D eigenvalue weighted by Crippen LogP contribution is -2.28. The molecule has 0 N–H and O–H groups in total. The van der Waals surface area contributed by atoms with Gasteiger partial charge in [-0.15, -0.1) is 0 Å². The van der Waals surface area contributed by atoms with Crippen LogP contribution >= 0.6 is 11.6 Å². The van der Waals surface area contributed by atoms with Crippen molar-refractivity contribution >= 4 is 11.6 Å². The average molecular weight is 407 g/mol. The Balaban J connectivity index is 1.11. The smallest absolute Gasteiger partial charge is 0.157 e. The molecular weight excluding hydrogens is 372 g/mol. The summed E-state index contributed by atoms with van der Waals surface area (Å²) in [5.74, 6) is 2.77. The highest BCUT2D eigenvalue weighted by Crippen LogP contribution is 2.41. The van der Waals surface area contributed by atoms with E-state index in [0.717, 1.165) is 42.4 Å². The summed E-state index contributed by atoms with van der Waals surface area (Å²) in [6.07, 6.45) is 13.7. The molecule has 0 radical (unpaired) electrons. The van der Waals surface area contributed by atoms with Gasteiger partial charge in [0, 0.05) is 5.02 Å². The summed E-state index contributed by atoms with van der Waals surface area (Å²) in [6, 6.07) is 8.03. The van der Waals surface area contributed by atoms with E-state index >= 15 is 0 Å². The second-order valence-electron chi connectivity index (χ2n) is 9.00.